The third-order valence-corrected chi connectivity index (χ3v) is 4.96. The number of aromatic nitrogens is 1. The van der Waals surface area contributed by atoms with Crippen LogP contribution in [-0.2, 0) is 9.84 Å². The summed E-state index contributed by atoms with van der Waals surface area (Å²) >= 11 is 0. The molecule has 7 heteroatoms. The van der Waals surface area contributed by atoms with Crippen molar-refractivity contribution >= 4 is 9.84 Å². The van der Waals surface area contributed by atoms with Gasteiger partial charge in [-0.05, 0) is 32.0 Å². The predicted octanol–water partition coefficient (Wildman–Crippen LogP) is 4.31. The van der Waals surface area contributed by atoms with Crippen LogP contribution in [0.25, 0.3) is 22.4 Å². The topological polar surface area (TPSA) is 60.2 Å². The molecular weight excluding hydrogens is 348 g/mol. The van der Waals surface area contributed by atoms with Gasteiger partial charge in [0, 0.05) is 17.4 Å². The standard InChI is InChI=1S/C18H15F2NO3S/c1-10-5-4-6-12(7-10)18-17(11(2)24-21-18)13-8-15(20)16(9-14(13)19)25(3,22)23/h4-9H,1-3H3. The lowest BCUT2D eigenvalue weighted by Gasteiger charge is -2.08. The average molecular weight is 363 g/mol. The first-order valence-electron chi connectivity index (χ1n) is 7.41. The molecule has 0 N–H and O–H groups in total. The van der Waals surface area contributed by atoms with Crippen LogP contribution in [-0.4, -0.2) is 19.8 Å². The van der Waals surface area contributed by atoms with Crippen molar-refractivity contribution in [1.29, 1.82) is 0 Å². The van der Waals surface area contributed by atoms with E-state index in [1.165, 1.54) is 0 Å². The Morgan fingerprint density at radius 1 is 1.04 bits per heavy atom. The van der Waals surface area contributed by atoms with Crippen LogP contribution in [0.2, 0.25) is 0 Å². The number of sulfone groups is 1. The van der Waals surface area contributed by atoms with Gasteiger partial charge in [-0.25, -0.2) is 17.2 Å². The molecule has 0 amide bonds. The van der Waals surface area contributed by atoms with Crippen LogP contribution >= 0.6 is 0 Å². The lowest BCUT2D eigenvalue weighted by atomic mass is 9.98. The van der Waals surface area contributed by atoms with Gasteiger partial charge in [0.05, 0.1) is 5.56 Å². The molecule has 0 aliphatic rings. The molecule has 130 valence electrons. The van der Waals surface area contributed by atoms with Crippen LogP contribution in [0.3, 0.4) is 0 Å². The van der Waals surface area contributed by atoms with E-state index in [-0.39, 0.29) is 5.56 Å². The molecule has 0 aliphatic heterocycles. The second-order valence-electron chi connectivity index (χ2n) is 5.87. The number of hydrogen-bond donors (Lipinski definition) is 0. The fourth-order valence-electron chi connectivity index (χ4n) is 2.68. The Balaban J connectivity index is 2.25. The van der Waals surface area contributed by atoms with E-state index in [1.807, 2.05) is 25.1 Å². The van der Waals surface area contributed by atoms with Crippen molar-refractivity contribution in [3.8, 4) is 22.4 Å². The highest BCUT2D eigenvalue weighted by molar-refractivity contribution is 7.90. The number of hydrogen-bond acceptors (Lipinski definition) is 4. The minimum absolute atomic E-state index is 0.0971. The zero-order valence-electron chi connectivity index (χ0n) is 13.8. The van der Waals surface area contributed by atoms with Gasteiger partial charge in [0.1, 0.15) is 28.0 Å². The Labute approximate surface area is 144 Å². The quantitative estimate of drug-likeness (QED) is 0.696. The first-order chi connectivity index (χ1) is 11.7. The van der Waals surface area contributed by atoms with E-state index in [0.29, 0.717) is 28.6 Å². The molecule has 3 rings (SSSR count). The van der Waals surface area contributed by atoms with Crippen LogP contribution in [0.1, 0.15) is 11.3 Å². The molecule has 0 saturated heterocycles. The largest absolute Gasteiger partial charge is 0.360 e. The maximum atomic E-state index is 14.6. The zero-order valence-corrected chi connectivity index (χ0v) is 14.6. The molecule has 0 aliphatic carbocycles. The normalized spacial score (nSPS) is 11.7. The first kappa shape index (κ1) is 17.3. The Hall–Kier alpha value is -2.54. The molecule has 0 unspecified atom stereocenters. The van der Waals surface area contributed by atoms with Crippen LogP contribution in [0, 0.1) is 25.5 Å². The summed E-state index contributed by atoms with van der Waals surface area (Å²) < 4.78 is 57.1. The van der Waals surface area contributed by atoms with E-state index in [1.54, 1.807) is 13.0 Å². The van der Waals surface area contributed by atoms with Gasteiger partial charge in [-0.15, -0.1) is 0 Å². The van der Waals surface area contributed by atoms with Crippen molar-refractivity contribution < 1.29 is 21.7 Å². The summed E-state index contributed by atoms with van der Waals surface area (Å²) in [6, 6.07) is 8.91. The summed E-state index contributed by atoms with van der Waals surface area (Å²) in [4.78, 5) is -0.681. The Morgan fingerprint density at radius 2 is 1.76 bits per heavy atom. The van der Waals surface area contributed by atoms with Gasteiger partial charge in [-0.2, -0.15) is 0 Å². The van der Waals surface area contributed by atoms with Crippen LogP contribution < -0.4 is 0 Å². The molecule has 25 heavy (non-hydrogen) atoms. The van der Waals surface area contributed by atoms with Crippen molar-refractivity contribution in [2.75, 3.05) is 6.26 Å². The van der Waals surface area contributed by atoms with Crippen LogP contribution in [0.4, 0.5) is 8.78 Å². The van der Waals surface area contributed by atoms with E-state index in [9.17, 15) is 17.2 Å². The highest BCUT2D eigenvalue weighted by Crippen LogP contribution is 2.37. The molecule has 0 atom stereocenters. The minimum atomic E-state index is -3.87. The van der Waals surface area contributed by atoms with Crippen molar-refractivity contribution in [1.82, 2.24) is 5.16 Å². The molecule has 2 aromatic carbocycles. The van der Waals surface area contributed by atoms with Gasteiger partial charge in [-0.1, -0.05) is 28.9 Å². The van der Waals surface area contributed by atoms with Crippen LogP contribution in [0.5, 0.6) is 0 Å². The molecule has 0 radical (unpaired) electrons. The van der Waals surface area contributed by atoms with Crippen LogP contribution in [0.15, 0.2) is 45.8 Å². The number of halogens is 2. The molecular formula is C18H15F2NO3S. The summed E-state index contributed by atoms with van der Waals surface area (Å²) in [5.74, 6) is -1.57. The van der Waals surface area contributed by atoms with Crippen molar-refractivity contribution in [2.45, 2.75) is 18.7 Å². The second-order valence-corrected chi connectivity index (χ2v) is 7.85. The van der Waals surface area contributed by atoms with Gasteiger partial charge >= 0.3 is 0 Å². The summed E-state index contributed by atoms with van der Waals surface area (Å²) in [6.45, 7) is 3.49. The minimum Gasteiger partial charge on any atom is -0.360 e. The maximum Gasteiger partial charge on any atom is 0.178 e. The lowest BCUT2D eigenvalue weighted by molar-refractivity contribution is 0.400. The summed E-state index contributed by atoms with van der Waals surface area (Å²) in [5, 5.41) is 3.96. The number of benzene rings is 2. The second kappa shape index (κ2) is 6.07. The smallest absolute Gasteiger partial charge is 0.178 e. The maximum absolute atomic E-state index is 14.6. The predicted molar refractivity (Wildman–Crippen MR) is 89.9 cm³/mol. The Morgan fingerprint density at radius 3 is 2.40 bits per heavy atom. The lowest BCUT2D eigenvalue weighted by Crippen LogP contribution is -2.03. The monoisotopic (exact) mass is 363 g/mol. The van der Waals surface area contributed by atoms with E-state index in [2.05, 4.69) is 5.16 Å². The number of rotatable bonds is 3. The van der Waals surface area contributed by atoms with Crippen molar-refractivity contribution in [2.24, 2.45) is 0 Å². The molecule has 0 saturated carbocycles. The molecule has 0 spiro atoms. The highest BCUT2D eigenvalue weighted by Gasteiger charge is 2.24. The SMILES string of the molecule is Cc1cccc(-c2noc(C)c2-c2cc(F)c(S(C)(=O)=O)cc2F)c1. The Bertz CT molecular complexity index is 1070. The van der Waals surface area contributed by atoms with Gasteiger partial charge in [0.2, 0.25) is 0 Å². The average Bonchev–Trinajstić information content (AvgIpc) is 2.90. The fourth-order valence-corrected chi connectivity index (χ4v) is 3.41. The van der Waals surface area contributed by atoms with Gasteiger partial charge < -0.3 is 4.52 Å². The number of aryl methyl sites for hydroxylation is 2. The van der Waals surface area contributed by atoms with E-state index < -0.39 is 26.4 Å². The van der Waals surface area contributed by atoms with Gasteiger partial charge in [0.25, 0.3) is 0 Å². The Kier molecular flexibility index (Phi) is 4.20. The van der Waals surface area contributed by atoms with E-state index >= 15 is 0 Å². The highest BCUT2D eigenvalue weighted by atomic mass is 32.2. The van der Waals surface area contributed by atoms with Crippen molar-refractivity contribution in [3.05, 3.63) is 59.4 Å². The molecule has 1 heterocycles. The van der Waals surface area contributed by atoms with E-state index in [0.717, 1.165) is 17.9 Å². The van der Waals surface area contributed by atoms with E-state index in [4.69, 9.17) is 4.52 Å². The summed E-state index contributed by atoms with van der Waals surface area (Å²) in [5.41, 5.74) is 2.23. The first-order valence-corrected chi connectivity index (χ1v) is 9.30. The number of nitrogens with zero attached hydrogens (tertiary/aromatic N) is 1. The molecule has 0 fully saturated rings. The molecule has 4 nitrogen and oxygen atoms in total. The third-order valence-electron chi connectivity index (χ3n) is 3.84. The fraction of sp³-hybridized carbons (Fsp3) is 0.167. The van der Waals surface area contributed by atoms with Gasteiger partial charge in [-0.3, -0.25) is 0 Å². The summed E-state index contributed by atoms with van der Waals surface area (Å²) in [6.07, 6.45) is 0.827. The van der Waals surface area contributed by atoms with Gasteiger partial charge in [0.15, 0.2) is 9.84 Å². The molecule has 1 aromatic heterocycles. The van der Waals surface area contributed by atoms with Crippen molar-refractivity contribution in [3.63, 3.8) is 0 Å². The zero-order chi connectivity index (χ0) is 18.4. The third kappa shape index (κ3) is 3.19. The molecule has 0 bridgehead atoms. The summed E-state index contributed by atoms with van der Waals surface area (Å²) in [7, 11) is -3.87. The molecule has 3 aromatic rings.